The number of likely N-dealkylation sites (tertiary alicyclic amines) is 1. The molecule has 0 aliphatic carbocycles. The molecule has 1 aromatic carbocycles. The molecule has 1 aliphatic rings. The van der Waals surface area contributed by atoms with Gasteiger partial charge in [0.1, 0.15) is 5.75 Å². The van der Waals surface area contributed by atoms with E-state index in [1.54, 1.807) is 7.11 Å². The van der Waals surface area contributed by atoms with E-state index in [2.05, 4.69) is 22.8 Å². The highest BCUT2D eigenvalue weighted by Crippen LogP contribution is 2.35. The van der Waals surface area contributed by atoms with Crippen LogP contribution < -0.4 is 10.5 Å². The van der Waals surface area contributed by atoms with Crippen molar-refractivity contribution in [3.05, 3.63) is 23.3 Å². The number of anilines is 1. The van der Waals surface area contributed by atoms with E-state index in [1.165, 1.54) is 43.1 Å². The molecule has 22 heavy (non-hydrogen) atoms. The largest absolute Gasteiger partial charge is 0.495 e. The minimum Gasteiger partial charge on any atom is -0.495 e. The fourth-order valence-corrected chi connectivity index (χ4v) is 3.56. The molecular formula is C16H26N2O3S. The summed E-state index contributed by atoms with van der Waals surface area (Å²) in [5, 5.41) is 0. The summed E-state index contributed by atoms with van der Waals surface area (Å²) in [4.78, 5) is 7.05. The maximum absolute atomic E-state index is 5.97. The lowest BCUT2D eigenvalue weighted by Gasteiger charge is -2.32. The van der Waals surface area contributed by atoms with Crippen molar-refractivity contribution < 1.29 is 14.0 Å². The number of rotatable bonds is 7. The van der Waals surface area contributed by atoms with Gasteiger partial charge in [-0.1, -0.05) is 0 Å². The molecule has 0 spiro atoms. The van der Waals surface area contributed by atoms with Crippen LogP contribution in [0.1, 0.15) is 29.9 Å². The fraction of sp³-hybridized carbons (Fsp3) is 0.625. The fourth-order valence-electron chi connectivity index (χ4n) is 3.06. The van der Waals surface area contributed by atoms with Crippen LogP contribution in [-0.2, 0) is 9.22 Å². The van der Waals surface area contributed by atoms with Crippen molar-refractivity contribution in [1.29, 1.82) is 0 Å². The van der Waals surface area contributed by atoms with Crippen LogP contribution in [0.2, 0.25) is 0 Å². The predicted octanol–water partition coefficient (Wildman–Crippen LogP) is 2.99. The second-order valence-electron chi connectivity index (χ2n) is 5.62. The van der Waals surface area contributed by atoms with Crippen LogP contribution in [0, 0.1) is 6.92 Å². The maximum Gasteiger partial charge on any atom is 0.142 e. The highest BCUT2D eigenvalue weighted by molar-refractivity contribution is 7.94. The average Bonchev–Trinajstić information content (AvgIpc) is 2.53. The van der Waals surface area contributed by atoms with E-state index in [1.807, 2.05) is 6.07 Å². The van der Waals surface area contributed by atoms with Gasteiger partial charge in [0.05, 0.1) is 19.9 Å². The van der Waals surface area contributed by atoms with E-state index >= 15 is 0 Å². The molecule has 1 saturated heterocycles. The Balaban J connectivity index is 1.89. The average molecular weight is 326 g/mol. The molecule has 0 amide bonds. The summed E-state index contributed by atoms with van der Waals surface area (Å²) in [6.07, 6.45) is 2.34. The smallest absolute Gasteiger partial charge is 0.142 e. The quantitative estimate of drug-likeness (QED) is 0.273. The molecule has 0 radical (unpaired) electrons. The van der Waals surface area contributed by atoms with Gasteiger partial charge in [0.25, 0.3) is 0 Å². The van der Waals surface area contributed by atoms with Crippen LogP contribution >= 0.6 is 12.0 Å². The van der Waals surface area contributed by atoms with Crippen molar-refractivity contribution in [3.8, 4) is 5.75 Å². The molecule has 1 heterocycles. The third kappa shape index (κ3) is 4.52. The number of benzene rings is 1. The Kier molecular flexibility index (Phi) is 6.82. The molecule has 2 N–H and O–H groups in total. The van der Waals surface area contributed by atoms with Crippen LogP contribution in [0.3, 0.4) is 0 Å². The Bertz CT molecular complexity index is 477. The van der Waals surface area contributed by atoms with Crippen molar-refractivity contribution in [1.82, 2.24) is 4.90 Å². The Morgan fingerprint density at radius 1 is 1.27 bits per heavy atom. The predicted molar refractivity (Wildman–Crippen MR) is 91.1 cm³/mol. The molecule has 1 aliphatic heterocycles. The van der Waals surface area contributed by atoms with Crippen LogP contribution in [0.4, 0.5) is 5.69 Å². The van der Waals surface area contributed by atoms with Crippen molar-refractivity contribution in [3.63, 3.8) is 0 Å². The lowest BCUT2D eigenvalue weighted by atomic mass is 9.86. The van der Waals surface area contributed by atoms with Crippen LogP contribution in [0.25, 0.3) is 0 Å². The highest BCUT2D eigenvalue weighted by atomic mass is 32.2. The first-order valence-corrected chi connectivity index (χ1v) is 8.55. The first-order chi connectivity index (χ1) is 10.7. The minimum absolute atomic E-state index is 0.591. The van der Waals surface area contributed by atoms with Crippen molar-refractivity contribution in [2.75, 3.05) is 45.3 Å². The second-order valence-corrected chi connectivity index (χ2v) is 6.40. The zero-order valence-corrected chi connectivity index (χ0v) is 14.4. The molecule has 0 aromatic heterocycles. The van der Waals surface area contributed by atoms with E-state index in [0.29, 0.717) is 5.92 Å². The number of nitrogen functional groups attached to an aromatic ring is 1. The number of hydrogen-bond acceptors (Lipinski definition) is 6. The van der Waals surface area contributed by atoms with Gasteiger partial charge in [0, 0.05) is 24.3 Å². The van der Waals surface area contributed by atoms with Gasteiger partial charge in [-0.25, -0.2) is 4.89 Å². The number of aryl methyl sites for hydroxylation is 1. The number of nitrogens with two attached hydrogens (primary N) is 1. The molecule has 0 atom stereocenters. The molecule has 1 aromatic rings. The standard InChI is InChI=1S/C16H26N2O3S/c1-12-10-15(17)16(19-2)11-14(12)13-4-6-18(7-5-13)8-9-22-21-20-3/h10-11,13H,4-9,17H2,1-3H3. The molecule has 6 heteroatoms. The van der Waals surface area contributed by atoms with Gasteiger partial charge in [0.15, 0.2) is 0 Å². The number of nitrogens with zero attached hydrogens (tertiary/aromatic N) is 1. The van der Waals surface area contributed by atoms with Crippen molar-refractivity contribution in [2.24, 2.45) is 0 Å². The molecular weight excluding hydrogens is 300 g/mol. The summed E-state index contributed by atoms with van der Waals surface area (Å²) in [5.74, 6) is 2.30. The van der Waals surface area contributed by atoms with Crippen LogP contribution in [0.15, 0.2) is 12.1 Å². The summed E-state index contributed by atoms with van der Waals surface area (Å²) in [6.45, 7) is 5.40. The Hall–Kier alpha value is -0.950. The van der Waals surface area contributed by atoms with E-state index < -0.39 is 0 Å². The first kappa shape index (κ1) is 17.4. The summed E-state index contributed by atoms with van der Waals surface area (Å²) in [7, 11) is 3.20. The molecule has 124 valence electrons. The van der Waals surface area contributed by atoms with Gasteiger partial charge in [-0.05, 0) is 62.0 Å². The van der Waals surface area contributed by atoms with Crippen molar-refractivity contribution >= 4 is 17.7 Å². The normalized spacial score (nSPS) is 16.9. The van der Waals surface area contributed by atoms with Crippen molar-refractivity contribution in [2.45, 2.75) is 25.7 Å². The van der Waals surface area contributed by atoms with Gasteiger partial charge in [-0.3, -0.25) is 0 Å². The SMILES string of the molecule is COOSCCN1CCC(c2cc(OC)c(N)cc2C)CC1. The maximum atomic E-state index is 5.97. The number of methoxy groups -OCH3 is 1. The van der Waals surface area contributed by atoms with Gasteiger partial charge in [0.2, 0.25) is 0 Å². The van der Waals surface area contributed by atoms with Crippen LogP contribution in [-0.4, -0.2) is 44.5 Å². The zero-order valence-electron chi connectivity index (χ0n) is 13.6. The summed E-state index contributed by atoms with van der Waals surface area (Å²) in [6, 6.07) is 4.15. The van der Waals surface area contributed by atoms with Gasteiger partial charge in [-0.15, -0.1) is 0 Å². The van der Waals surface area contributed by atoms with Gasteiger partial charge in [-0.2, -0.15) is 4.33 Å². The second kappa shape index (κ2) is 8.62. The number of hydrogen-bond donors (Lipinski definition) is 1. The third-order valence-electron chi connectivity index (χ3n) is 4.25. The Morgan fingerprint density at radius 2 is 2.00 bits per heavy atom. The molecule has 1 fully saturated rings. The zero-order chi connectivity index (χ0) is 15.9. The van der Waals surface area contributed by atoms with E-state index in [-0.39, 0.29) is 0 Å². The monoisotopic (exact) mass is 326 g/mol. The third-order valence-corrected chi connectivity index (χ3v) is 4.83. The van der Waals surface area contributed by atoms with E-state index in [9.17, 15) is 0 Å². The molecule has 5 nitrogen and oxygen atoms in total. The van der Waals surface area contributed by atoms with Gasteiger partial charge >= 0.3 is 0 Å². The summed E-state index contributed by atoms with van der Waals surface area (Å²) >= 11 is 1.36. The molecule has 0 bridgehead atoms. The number of piperidine rings is 1. The Morgan fingerprint density at radius 3 is 2.64 bits per heavy atom. The lowest BCUT2D eigenvalue weighted by molar-refractivity contribution is -0.160. The molecule has 0 unspecified atom stereocenters. The minimum atomic E-state index is 0.591. The first-order valence-electron chi connectivity index (χ1n) is 7.64. The highest BCUT2D eigenvalue weighted by Gasteiger charge is 2.22. The molecule has 2 rings (SSSR count). The number of ether oxygens (including phenoxy) is 1. The van der Waals surface area contributed by atoms with Crippen LogP contribution in [0.5, 0.6) is 5.75 Å². The topological polar surface area (TPSA) is 57.0 Å². The van der Waals surface area contributed by atoms with E-state index in [4.69, 9.17) is 14.8 Å². The Labute approximate surface area is 137 Å². The lowest BCUT2D eigenvalue weighted by Crippen LogP contribution is -2.34. The van der Waals surface area contributed by atoms with Gasteiger partial charge < -0.3 is 15.4 Å². The summed E-state index contributed by atoms with van der Waals surface area (Å²) in [5.41, 5.74) is 9.34. The molecule has 0 saturated carbocycles. The van der Waals surface area contributed by atoms with E-state index in [0.717, 1.165) is 36.8 Å². The summed E-state index contributed by atoms with van der Waals surface area (Å²) < 4.78 is 10.2.